The molecule has 4 nitrogen and oxygen atoms in total. The molecule has 3 rings (SSSR count). The summed E-state index contributed by atoms with van der Waals surface area (Å²) < 4.78 is 2.60. The largest absolute Gasteiger partial charge is 0.326 e. The number of nitrogens with one attached hydrogen (secondary N) is 1. The van der Waals surface area contributed by atoms with E-state index in [0.717, 1.165) is 15.7 Å². The first kappa shape index (κ1) is 10.3. The van der Waals surface area contributed by atoms with E-state index in [4.69, 9.17) is 0 Å². The molecule has 0 fully saturated rings. The Labute approximate surface area is 105 Å². The van der Waals surface area contributed by atoms with Crippen LogP contribution in [0.2, 0.25) is 0 Å². The van der Waals surface area contributed by atoms with Gasteiger partial charge in [0.1, 0.15) is 5.52 Å². The third kappa shape index (κ3) is 1.78. The molecule has 0 radical (unpaired) electrons. The minimum absolute atomic E-state index is 0.136. The first-order valence-electron chi connectivity index (χ1n) is 5.07. The standard InChI is InChI=1S/C12H8BrN3O/c13-9-3-1-8(2-4-9)10-7-11-12(17)14-5-6-16(11)15-10/h1-7H,(H,14,17). The lowest BCUT2D eigenvalue weighted by Gasteiger charge is -1.95. The van der Waals surface area contributed by atoms with Crippen molar-refractivity contribution in [1.29, 1.82) is 0 Å². The van der Waals surface area contributed by atoms with Crippen LogP contribution in [0.15, 0.2) is 52.0 Å². The van der Waals surface area contributed by atoms with Gasteiger partial charge in [0.15, 0.2) is 0 Å². The smallest absolute Gasteiger partial charge is 0.273 e. The first-order valence-corrected chi connectivity index (χ1v) is 5.86. The van der Waals surface area contributed by atoms with E-state index >= 15 is 0 Å². The number of fused-ring (bicyclic) bond motifs is 1. The van der Waals surface area contributed by atoms with E-state index < -0.39 is 0 Å². The van der Waals surface area contributed by atoms with Crippen LogP contribution in [0.5, 0.6) is 0 Å². The fourth-order valence-electron chi connectivity index (χ4n) is 1.70. The summed E-state index contributed by atoms with van der Waals surface area (Å²) >= 11 is 3.38. The number of aromatic amines is 1. The second kappa shape index (κ2) is 3.85. The molecule has 3 aromatic rings. The number of nitrogens with zero attached hydrogens (tertiary/aromatic N) is 2. The van der Waals surface area contributed by atoms with Gasteiger partial charge in [-0.15, -0.1) is 0 Å². The molecule has 2 aromatic heterocycles. The molecular formula is C12H8BrN3O. The lowest BCUT2D eigenvalue weighted by atomic mass is 10.1. The average Bonchev–Trinajstić information content (AvgIpc) is 2.75. The second-order valence-corrected chi connectivity index (χ2v) is 4.57. The molecule has 17 heavy (non-hydrogen) atoms. The summed E-state index contributed by atoms with van der Waals surface area (Å²) in [4.78, 5) is 14.2. The summed E-state index contributed by atoms with van der Waals surface area (Å²) in [5.74, 6) is 0. The van der Waals surface area contributed by atoms with Crippen LogP contribution in [0.1, 0.15) is 0 Å². The first-order chi connectivity index (χ1) is 8.24. The molecule has 1 N–H and O–H groups in total. The highest BCUT2D eigenvalue weighted by Gasteiger charge is 2.06. The summed E-state index contributed by atoms with van der Waals surface area (Å²) in [5, 5.41) is 4.35. The molecule has 5 heteroatoms. The third-order valence-corrected chi connectivity index (χ3v) is 3.07. The van der Waals surface area contributed by atoms with Crippen LogP contribution < -0.4 is 5.56 Å². The average molecular weight is 290 g/mol. The zero-order valence-electron chi connectivity index (χ0n) is 8.72. The van der Waals surface area contributed by atoms with Gasteiger partial charge < -0.3 is 4.98 Å². The quantitative estimate of drug-likeness (QED) is 0.748. The number of rotatable bonds is 1. The zero-order valence-corrected chi connectivity index (χ0v) is 10.3. The summed E-state index contributed by atoms with van der Waals surface area (Å²) in [6, 6.07) is 9.59. The molecule has 0 atom stereocenters. The molecule has 0 spiro atoms. The van der Waals surface area contributed by atoms with E-state index in [9.17, 15) is 4.79 Å². The van der Waals surface area contributed by atoms with Crippen molar-refractivity contribution in [2.24, 2.45) is 0 Å². The minimum Gasteiger partial charge on any atom is -0.326 e. The molecule has 2 heterocycles. The van der Waals surface area contributed by atoms with Gasteiger partial charge in [0, 0.05) is 22.4 Å². The van der Waals surface area contributed by atoms with Crippen LogP contribution in [0.25, 0.3) is 16.8 Å². The van der Waals surface area contributed by atoms with E-state index in [-0.39, 0.29) is 5.56 Å². The Kier molecular flexibility index (Phi) is 2.33. The topological polar surface area (TPSA) is 50.2 Å². The predicted molar refractivity (Wildman–Crippen MR) is 68.9 cm³/mol. The minimum atomic E-state index is -0.136. The van der Waals surface area contributed by atoms with E-state index in [2.05, 4.69) is 26.0 Å². The highest BCUT2D eigenvalue weighted by atomic mass is 79.9. The number of aromatic nitrogens is 3. The normalized spacial score (nSPS) is 10.9. The van der Waals surface area contributed by atoms with Crippen LogP contribution >= 0.6 is 15.9 Å². The maximum absolute atomic E-state index is 11.6. The lowest BCUT2D eigenvalue weighted by molar-refractivity contribution is 0.940. The molecule has 1 aromatic carbocycles. The van der Waals surface area contributed by atoms with Crippen molar-refractivity contribution in [1.82, 2.24) is 14.6 Å². The maximum Gasteiger partial charge on any atom is 0.273 e. The fourth-order valence-corrected chi connectivity index (χ4v) is 1.96. The van der Waals surface area contributed by atoms with Gasteiger partial charge in [-0.2, -0.15) is 5.10 Å². The van der Waals surface area contributed by atoms with Crippen LogP contribution in [-0.2, 0) is 0 Å². The van der Waals surface area contributed by atoms with E-state index in [0.29, 0.717) is 5.52 Å². The van der Waals surface area contributed by atoms with Gasteiger partial charge in [0.05, 0.1) is 5.69 Å². The lowest BCUT2D eigenvalue weighted by Crippen LogP contribution is -2.07. The number of hydrogen-bond acceptors (Lipinski definition) is 2. The predicted octanol–water partition coefficient (Wildman–Crippen LogP) is 2.45. The molecule has 84 valence electrons. The Morgan fingerprint density at radius 3 is 2.71 bits per heavy atom. The number of H-pyrrole nitrogens is 1. The molecule has 0 aliphatic heterocycles. The van der Waals surface area contributed by atoms with Crippen molar-refractivity contribution >= 4 is 21.4 Å². The van der Waals surface area contributed by atoms with Gasteiger partial charge in [-0.25, -0.2) is 4.52 Å². The number of benzene rings is 1. The highest BCUT2D eigenvalue weighted by Crippen LogP contribution is 2.20. The maximum atomic E-state index is 11.6. The molecular weight excluding hydrogens is 282 g/mol. The van der Waals surface area contributed by atoms with E-state index in [1.165, 1.54) is 0 Å². The third-order valence-electron chi connectivity index (χ3n) is 2.54. The Morgan fingerprint density at radius 2 is 2.00 bits per heavy atom. The molecule has 0 saturated heterocycles. The Balaban J connectivity index is 2.21. The number of halogens is 1. The summed E-state index contributed by atoms with van der Waals surface area (Å²) in [5.41, 5.74) is 2.18. The van der Waals surface area contributed by atoms with Gasteiger partial charge in [0.25, 0.3) is 5.56 Å². The van der Waals surface area contributed by atoms with E-state index in [1.807, 2.05) is 24.3 Å². The van der Waals surface area contributed by atoms with Crippen LogP contribution in [0.3, 0.4) is 0 Å². The van der Waals surface area contributed by atoms with Crippen LogP contribution in [0, 0.1) is 0 Å². The summed E-state index contributed by atoms with van der Waals surface area (Å²) in [7, 11) is 0. The van der Waals surface area contributed by atoms with E-state index in [1.54, 1.807) is 23.0 Å². The van der Waals surface area contributed by atoms with Crippen molar-refractivity contribution in [2.45, 2.75) is 0 Å². The Hall–Kier alpha value is -1.88. The second-order valence-electron chi connectivity index (χ2n) is 3.66. The summed E-state index contributed by atoms with van der Waals surface area (Å²) in [6.07, 6.45) is 3.30. The molecule has 0 aliphatic rings. The van der Waals surface area contributed by atoms with Crippen molar-refractivity contribution in [3.8, 4) is 11.3 Å². The van der Waals surface area contributed by atoms with Gasteiger partial charge in [-0.05, 0) is 18.2 Å². The molecule has 0 unspecified atom stereocenters. The summed E-state index contributed by atoms with van der Waals surface area (Å²) in [6.45, 7) is 0. The van der Waals surface area contributed by atoms with Gasteiger partial charge in [0.2, 0.25) is 0 Å². The Morgan fingerprint density at radius 1 is 1.24 bits per heavy atom. The van der Waals surface area contributed by atoms with Crippen LogP contribution in [0.4, 0.5) is 0 Å². The van der Waals surface area contributed by atoms with Gasteiger partial charge in [-0.1, -0.05) is 28.1 Å². The molecule has 0 saturated carbocycles. The molecule has 0 aliphatic carbocycles. The Bertz CT molecular complexity index is 727. The molecule has 0 amide bonds. The highest BCUT2D eigenvalue weighted by molar-refractivity contribution is 9.10. The van der Waals surface area contributed by atoms with Crippen LogP contribution in [-0.4, -0.2) is 14.6 Å². The van der Waals surface area contributed by atoms with Gasteiger partial charge >= 0.3 is 0 Å². The fraction of sp³-hybridized carbons (Fsp3) is 0. The monoisotopic (exact) mass is 289 g/mol. The number of hydrogen-bond donors (Lipinski definition) is 1. The van der Waals surface area contributed by atoms with Gasteiger partial charge in [-0.3, -0.25) is 4.79 Å². The molecule has 0 bridgehead atoms. The van der Waals surface area contributed by atoms with Crippen molar-refractivity contribution < 1.29 is 0 Å². The van der Waals surface area contributed by atoms with Crippen molar-refractivity contribution in [3.63, 3.8) is 0 Å². The van der Waals surface area contributed by atoms with Crippen molar-refractivity contribution in [2.75, 3.05) is 0 Å². The zero-order chi connectivity index (χ0) is 11.8. The SMILES string of the molecule is O=c1[nH]ccn2nc(-c3ccc(Br)cc3)cc12. The van der Waals surface area contributed by atoms with Crippen molar-refractivity contribution in [3.05, 3.63) is 57.6 Å².